The molecule has 0 saturated heterocycles. The summed E-state index contributed by atoms with van der Waals surface area (Å²) in [5.74, 6) is -0.0188. The average molecular weight is 286 g/mol. The summed E-state index contributed by atoms with van der Waals surface area (Å²) >= 11 is 0. The van der Waals surface area contributed by atoms with E-state index in [9.17, 15) is 15.3 Å². The molecular weight excluding hydrogens is 272 g/mol. The molecule has 0 atom stereocenters. The number of hydrogen-bond donors (Lipinski definition) is 4. The summed E-state index contributed by atoms with van der Waals surface area (Å²) in [5.41, 5.74) is 1.66. The van der Waals surface area contributed by atoms with Crippen LogP contribution in [0.25, 0.3) is 22.2 Å². The largest absolute Gasteiger partial charge is 0.508 e. The van der Waals surface area contributed by atoms with Crippen LogP contribution in [0.1, 0.15) is 0 Å². The molecule has 2 aromatic carbocycles. The van der Waals surface area contributed by atoms with E-state index >= 15 is 0 Å². The molecule has 0 aliphatic heterocycles. The van der Waals surface area contributed by atoms with Crippen molar-refractivity contribution in [3.8, 4) is 28.5 Å². The summed E-state index contributed by atoms with van der Waals surface area (Å²) in [6, 6.07) is 9.07. The Hall–Kier alpha value is -2.73. The number of hydrogen-bond acceptors (Lipinski definition) is 5. The first kappa shape index (κ1) is 13.3. The zero-order chi connectivity index (χ0) is 15.0. The number of nitrogens with zero attached hydrogens (tertiary/aromatic N) is 2. The minimum Gasteiger partial charge on any atom is -0.508 e. The van der Waals surface area contributed by atoms with Gasteiger partial charge in [0.05, 0.1) is 18.7 Å². The second kappa shape index (κ2) is 4.99. The highest BCUT2D eigenvalue weighted by atomic mass is 16.3. The van der Waals surface area contributed by atoms with Crippen LogP contribution in [0.15, 0.2) is 36.4 Å². The van der Waals surface area contributed by atoms with Crippen LogP contribution in [0.3, 0.4) is 0 Å². The van der Waals surface area contributed by atoms with Crippen molar-refractivity contribution < 1.29 is 20.4 Å². The molecule has 108 valence electrons. The van der Waals surface area contributed by atoms with Gasteiger partial charge in [-0.2, -0.15) is 5.10 Å². The molecule has 0 spiro atoms. The molecule has 1 heterocycles. The lowest BCUT2D eigenvalue weighted by Gasteiger charge is -2.02. The Bertz CT molecular complexity index is 811. The maximum absolute atomic E-state index is 9.99. The lowest BCUT2D eigenvalue weighted by molar-refractivity contribution is 0.272. The molecule has 3 rings (SSSR count). The van der Waals surface area contributed by atoms with Crippen molar-refractivity contribution >= 4 is 10.9 Å². The van der Waals surface area contributed by atoms with E-state index in [1.807, 2.05) is 0 Å². The van der Waals surface area contributed by atoms with Crippen molar-refractivity contribution in [2.75, 3.05) is 6.61 Å². The average Bonchev–Trinajstić information content (AvgIpc) is 2.77. The van der Waals surface area contributed by atoms with Crippen LogP contribution >= 0.6 is 0 Å². The first-order valence-corrected chi connectivity index (χ1v) is 6.43. The van der Waals surface area contributed by atoms with Gasteiger partial charge in [0.15, 0.2) is 0 Å². The lowest BCUT2D eigenvalue weighted by atomic mass is 10.1. The van der Waals surface area contributed by atoms with E-state index in [-0.39, 0.29) is 30.4 Å². The van der Waals surface area contributed by atoms with Gasteiger partial charge >= 0.3 is 0 Å². The van der Waals surface area contributed by atoms with Crippen LogP contribution < -0.4 is 0 Å². The third kappa shape index (κ3) is 2.25. The Kier molecular flexibility index (Phi) is 3.15. The molecule has 6 nitrogen and oxygen atoms in total. The Labute approximate surface area is 120 Å². The van der Waals surface area contributed by atoms with Crippen LogP contribution in [0, 0.1) is 0 Å². The number of aromatic hydroxyl groups is 3. The molecule has 0 unspecified atom stereocenters. The van der Waals surface area contributed by atoms with Gasteiger partial charge in [-0.3, -0.25) is 4.68 Å². The summed E-state index contributed by atoms with van der Waals surface area (Å²) in [7, 11) is 0. The second-order valence-corrected chi connectivity index (χ2v) is 4.70. The number of benzene rings is 2. The minimum atomic E-state index is -0.0898. The van der Waals surface area contributed by atoms with Crippen LogP contribution in [0.4, 0.5) is 0 Å². The van der Waals surface area contributed by atoms with Gasteiger partial charge in [0.1, 0.15) is 22.9 Å². The van der Waals surface area contributed by atoms with Gasteiger partial charge in [-0.05, 0) is 24.3 Å². The molecule has 6 heteroatoms. The maximum atomic E-state index is 9.99. The van der Waals surface area contributed by atoms with Gasteiger partial charge < -0.3 is 20.4 Å². The number of phenols is 3. The van der Waals surface area contributed by atoms with Gasteiger partial charge in [0.25, 0.3) is 0 Å². The quantitative estimate of drug-likeness (QED) is 0.588. The van der Waals surface area contributed by atoms with E-state index in [0.29, 0.717) is 16.8 Å². The maximum Gasteiger partial charge on any atom is 0.128 e. The lowest BCUT2D eigenvalue weighted by Crippen LogP contribution is -2.03. The predicted octanol–water partition coefficient (Wildman–Crippen LogP) is 1.81. The van der Waals surface area contributed by atoms with Gasteiger partial charge in [-0.25, -0.2) is 0 Å². The van der Waals surface area contributed by atoms with E-state index in [4.69, 9.17) is 5.11 Å². The van der Waals surface area contributed by atoms with Crippen LogP contribution in [0.2, 0.25) is 0 Å². The highest BCUT2D eigenvalue weighted by Crippen LogP contribution is 2.36. The van der Waals surface area contributed by atoms with Crippen molar-refractivity contribution in [1.82, 2.24) is 9.78 Å². The van der Waals surface area contributed by atoms with Crippen molar-refractivity contribution in [2.45, 2.75) is 6.54 Å². The smallest absolute Gasteiger partial charge is 0.128 e. The standard InChI is InChI=1S/C15H14N2O4/c18-6-5-17-13-7-9(19)1-3-11(13)15(16-17)12-4-2-10(20)8-14(12)21/h1-4,7-8,18-21H,5-6H2. The Balaban J connectivity index is 2.27. The first-order valence-electron chi connectivity index (χ1n) is 6.43. The van der Waals surface area contributed by atoms with Crippen molar-refractivity contribution in [1.29, 1.82) is 0 Å². The fourth-order valence-electron chi connectivity index (χ4n) is 2.35. The third-order valence-electron chi connectivity index (χ3n) is 3.28. The van der Waals surface area contributed by atoms with Gasteiger partial charge in [0, 0.05) is 23.1 Å². The van der Waals surface area contributed by atoms with E-state index < -0.39 is 0 Å². The number of rotatable bonds is 3. The topological polar surface area (TPSA) is 98.7 Å². The monoisotopic (exact) mass is 286 g/mol. The summed E-state index contributed by atoms with van der Waals surface area (Å²) < 4.78 is 1.57. The zero-order valence-corrected chi connectivity index (χ0v) is 11.1. The fraction of sp³-hybridized carbons (Fsp3) is 0.133. The van der Waals surface area contributed by atoms with Crippen molar-refractivity contribution in [3.63, 3.8) is 0 Å². The fourth-order valence-corrected chi connectivity index (χ4v) is 2.35. The molecule has 21 heavy (non-hydrogen) atoms. The van der Waals surface area contributed by atoms with Crippen LogP contribution in [-0.4, -0.2) is 36.8 Å². The van der Waals surface area contributed by atoms with Crippen LogP contribution in [0.5, 0.6) is 17.2 Å². The molecule has 0 saturated carbocycles. The van der Waals surface area contributed by atoms with Gasteiger partial charge in [-0.1, -0.05) is 0 Å². The first-order chi connectivity index (χ1) is 10.1. The van der Waals surface area contributed by atoms with Gasteiger partial charge in [-0.15, -0.1) is 0 Å². The Morgan fingerprint density at radius 3 is 2.38 bits per heavy atom. The molecule has 0 bridgehead atoms. The van der Waals surface area contributed by atoms with Crippen molar-refractivity contribution in [3.05, 3.63) is 36.4 Å². The molecule has 0 aliphatic rings. The Morgan fingerprint density at radius 1 is 0.952 bits per heavy atom. The number of aromatic nitrogens is 2. The molecule has 0 amide bonds. The molecule has 0 radical (unpaired) electrons. The highest BCUT2D eigenvalue weighted by Gasteiger charge is 2.15. The van der Waals surface area contributed by atoms with E-state index in [1.165, 1.54) is 18.2 Å². The molecule has 4 N–H and O–H groups in total. The van der Waals surface area contributed by atoms with Crippen LogP contribution in [-0.2, 0) is 6.54 Å². The van der Waals surface area contributed by atoms with Gasteiger partial charge in [0.2, 0.25) is 0 Å². The molecule has 3 aromatic rings. The summed E-state index contributed by atoms with van der Waals surface area (Å²) in [6.07, 6.45) is 0. The third-order valence-corrected chi connectivity index (χ3v) is 3.28. The number of aliphatic hydroxyl groups is 1. The van der Waals surface area contributed by atoms with E-state index in [1.54, 1.807) is 22.9 Å². The Morgan fingerprint density at radius 2 is 1.67 bits per heavy atom. The normalized spacial score (nSPS) is 11.1. The predicted molar refractivity (Wildman–Crippen MR) is 77.2 cm³/mol. The second-order valence-electron chi connectivity index (χ2n) is 4.70. The molecule has 1 aromatic heterocycles. The molecule has 0 aliphatic carbocycles. The number of fused-ring (bicyclic) bond motifs is 1. The summed E-state index contributed by atoms with van der Waals surface area (Å²) in [6.45, 7) is 0.187. The van der Waals surface area contributed by atoms with Crippen molar-refractivity contribution in [2.24, 2.45) is 0 Å². The molecule has 0 fully saturated rings. The summed E-state index contributed by atoms with van der Waals surface area (Å²) in [4.78, 5) is 0. The number of aliphatic hydroxyl groups excluding tert-OH is 1. The minimum absolute atomic E-state index is 0.0343. The SMILES string of the molecule is OCCn1nc(-c2ccc(O)cc2O)c2ccc(O)cc21. The highest BCUT2D eigenvalue weighted by molar-refractivity contribution is 5.95. The summed E-state index contributed by atoms with van der Waals surface area (Å²) in [5, 5.41) is 43.2. The van der Waals surface area contributed by atoms with E-state index in [0.717, 1.165) is 5.39 Å². The van der Waals surface area contributed by atoms with E-state index in [2.05, 4.69) is 5.10 Å². The number of phenolic OH excluding ortho intramolecular Hbond substituents is 3. The zero-order valence-electron chi connectivity index (χ0n) is 11.1. The molecular formula is C15H14N2O4.